The Bertz CT molecular complexity index is 550. The molecule has 0 spiro atoms. The second kappa shape index (κ2) is 7.24. The summed E-state index contributed by atoms with van der Waals surface area (Å²) in [5.74, 6) is -1.69. The van der Waals surface area contributed by atoms with Gasteiger partial charge >= 0.3 is 12.0 Å². The first-order valence-corrected chi connectivity index (χ1v) is 7.51. The van der Waals surface area contributed by atoms with Crippen molar-refractivity contribution >= 4 is 12.0 Å². The molecule has 0 saturated carbocycles. The molecule has 5 nitrogen and oxygen atoms in total. The number of hydrogen-bond donors (Lipinski definition) is 2. The highest BCUT2D eigenvalue weighted by atomic mass is 19.1. The normalized spacial score (nSPS) is 20.9. The number of urea groups is 1. The molecule has 2 unspecified atom stereocenters. The van der Waals surface area contributed by atoms with E-state index in [-0.39, 0.29) is 30.9 Å². The van der Waals surface area contributed by atoms with Gasteiger partial charge in [-0.2, -0.15) is 0 Å². The van der Waals surface area contributed by atoms with Crippen molar-refractivity contribution in [3.8, 4) is 0 Å². The monoisotopic (exact) mass is 308 g/mol. The van der Waals surface area contributed by atoms with Crippen LogP contribution in [0.15, 0.2) is 24.3 Å². The van der Waals surface area contributed by atoms with Gasteiger partial charge in [0.05, 0.1) is 5.92 Å². The number of carboxylic acids is 1. The summed E-state index contributed by atoms with van der Waals surface area (Å²) in [6.07, 6.45) is 1.69. The van der Waals surface area contributed by atoms with Gasteiger partial charge in [-0.3, -0.25) is 4.79 Å². The first-order valence-electron chi connectivity index (χ1n) is 7.51. The van der Waals surface area contributed by atoms with Gasteiger partial charge < -0.3 is 15.3 Å². The van der Waals surface area contributed by atoms with Crippen molar-refractivity contribution in [2.45, 2.75) is 26.3 Å². The fourth-order valence-electron chi connectivity index (χ4n) is 2.92. The lowest BCUT2D eigenvalue weighted by Gasteiger charge is -2.17. The van der Waals surface area contributed by atoms with Gasteiger partial charge in [-0.25, -0.2) is 9.18 Å². The van der Waals surface area contributed by atoms with Crippen molar-refractivity contribution in [2.75, 3.05) is 13.1 Å². The molecule has 2 amide bonds. The highest BCUT2D eigenvalue weighted by Crippen LogP contribution is 2.27. The van der Waals surface area contributed by atoms with E-state index < -0.39 is 11.9 Å². The number of likely N-dealkylation sites (tertiary alicyclic amines) is 1. The number of carboxylic acid groups (broad SMARTS) is 1. The molecule has 6 heteroatoms. The van der Waals surface area contributed by atoms with Gasteiger partial charge in [-0.1, -0.05) is 25.5 Å². The number of nitrogens with zero attached hydrogens (tertiary/aromatic N) is 1. The maximum Gasteiger partial charge on any atom is 0.317 e. The molecule has 22 heavy (non-hydrogen) atoms. The predicted molar refractivity (Wildman–Crippen MR) is 79.7 cm³/mol. The Morgan fingerprint density at radius 1 is 1.41 bits per heavy atom. The average molecular weight is 308 g/mol. The summed E-state index contributed by atoms with van der Waals surface area (Å²) < 4.78 is 13.1. The molecule has 0 aromatic heterocycles. The number of amides is 2. The van der Waals surface area contributed by atoms with Crippen LogP contribution >= 0.6 is 0 Å². The molecular formula is C16H21FN2O3. The highest BCUT2D eigenvalue weighted by molar-refractivity contribution is 5.77. The standard InChI is InChI=1S/C16H21FN2O3/c1-2-4-12-9-19(10-14(12)15(20)21)16(22)18-8-11-5-3-6-13(17)7-11/h3,5-7,12,14H,2,4,8-10H2,1H3,(H,18,22)(H,20,21). The minimum absolute atomic E-state index is 0.00224. The molecular weight excluding hydrogens is 287 g/mol. The van der Waals surface area contributed by atoms with Crippen LogP contribution in [0.3, 0.4) is 0 Å². The number of nitrogens with one attached hydrogen (secondary N) is 1. The van der Waals surface area contributed by atoms with Crippen LogP contribution in [-0.4, -0.2) is 35.1 Å². The summed E-state index contributed by atoms with van der Waals surface area (Å²) >= 11 is 0. The van der Waals surface area contributed by atoms with E-state index in [1.807, 2.05) is 6.92 Å². The number of hydrogen-bond acceptors (Lipinski definition) is 2. The first-order chi connectivity index (χ1) is 10.5. The van der Waals surface area contributed by atoms with E-state index in [1.165, 1.54) is 12.1 Å². The van der Waals surface area contributed by atoms with Crippen molar-refractivity contribution in [1.29, 1.82) is 0 Å². The number of rotatable bonds is 5. The van der Waals surface area contributed by atoms with Gasteiger partial charge in [-0.15, -0.1) is 0 Å². The van der Waals surface area contributed by atoms with E-state index in [0.717, 1.165) is 12.8 Å². The number of aliphatic carboxylic acids is 1. The van der Waals surface area contributed by atoms with Crippen LogP contribution in [-0.2, 0) is 11.3 Å². The van der Waals surface area contributed by atoms with Crippen LogP contribution in [0, 0.1) is 17.7 Å². The summed E-state index contributed by atoms with van der Waals surface area (Å²) in [6, 6.07) is 5.73. The van der Waals surface area contributed by atoms with Gasteiger partial charge in [0.25, 0.3) is 0 Å². The van der Waals surface area contributed by atoms with Crippen LogP contribution in [0.4, 0.5) is 9.18 Å². The van der Waals surface area contributed by atoms with Crippen molar-refractivity contribution in [3.05, 3.63) is 35.6 Å². The molecule has 2 atom stereocenters. The summed E-state index contributed by atoms with van der Waals surface area (Å²) in [6.45, 7) is 2.92. The zero-order valence-corrected chi connectivity index (χ0v) is 12.6. The highest BCUT2D eigenvalue weighted by Gasteiger charge is 2.38. The first kappa shape index (κ1) is 16.3. The molecule has 2 N–H and O–H groups in total. The fourth-order valence-corrected chi connectivity index (χ4v) is 2.92. The van der Waals surface area contributed by atoms with Gasteiger partial charge in [0.1, 0.15) is 5.82 Å². The quantitative estimate of drug-likeness (QED) is 0.878. The summed E-state index contributed by atoms with van der Waals surface area (Å²) in [5, 5.41) is 12.0. The van der Waals surface area contributed by atoms with Gasteiger partial charge in [-0.05, 0) is 30.0 Å². The van der Waals surface area contributed by atoms with E-state index in [4.69, 9.17) is 0 Å². The molecule has 2 rings (SSSR count). The fraction of sp³-hybridized carbons (Fsp3) is 0.500. The molecule has 1 aliphatic rings. The van der Waals surface area contributed by atoms with E-state index in [2.05, 4.69) is 5.32 Å². The summed E-state index contributed by atoms with van der Waals surface area (Å²) in [7, 11) is 0. The Morgan fingerprint density at radius 2 is 2.18 bits per heavy atom. The summed E-state index contributed by atoms with van der Waals surface area (Å²) in [4.78, 5) is 25.0. The predicted octanol–water partition coefficient (Wildman–Crippen LogP) is 2.47. The third kappa shape index (κ3) is 3.96. The molecule has 120 valence electrons. The Labute approximate surface area is 129 Å². The number of carbonyl (C=O) groups excluding carboxylic acids is 1. The van der Waals surface area contributed by atoms with E-state index >= 15 is 0 Å². The molecule has 0 aliphatic carbocycles. The molecule has 1 saturated heterocycles. The van der Waals surface area contributed by atoms with Gasteiger partial charge in [0.15, 0.2) is 0 Å². The second-order valence-electron chi connectivity index (χ2n) is 5.69. The Balaban J connectivity index is 1.91. The number of carbonyl (C=O) groups is 2. The molecule has 1 heterocycles. The lowest BCUT2D eigenvalue weighted by molar-refractivity contribution is -0.142. The zero-order chi connectivity index (χ0) is 16.1. The van der Waals surface area contributed by atoms with Crippen LogP contribution < -0.4 is 5.32 Å². The number of halogens is 1. The van der Waals surface area contributed by atoms with Crippen LogP contribution in [0.5, 0.6) is 0 Å². The zero-order valence-electron chi connectivity index (χ0n) is 12.6. The molecule has 0 radical (unpaired) electrons. The topological polar surface area (TPSA) is 69.6 Å². The SMILES string of the molecule is CCCC1CN(C(=O)NCc2cccc(F)c2)CC1C(=O)O. The maximum absolute atomic E-state index is 13.1. The molecule has 1 fully saturated rings. The molecule has 1 aromatic rings. The second-order valence-corrected chi connectivity index (χ2v) is 5.69. The molecule has 0 bridgehead atoms. The minimum atomic E-state index is -0.848. The Morgan fingerprint density at radius 3 is 2.82 bits per heavy atom. The van der Waals surface area contributed by atoms with E-state index in [0.29, 0.717) is 12.1 Å². The third-order valence-electron chi connectivity index (χ3n) is 4.04. The van der Waals surface area contributed by atoms with Crippen molar-refractivity contribution < 1.29 is 19.1 Å². The smallest absolute Gasteiger partial charge is 0.317 e. The van der Waals surface area contributed by atoms with Crippen LogP contribution in [0.2, 0.25) is 0 Å². The van der Waals surface area contributed by atoms with Crippen molar-refractivity contribution in [3.63, 3.8) is 0 Å². The van der Waals surface area contributed by atoms with Crippen molar-refractivity contribution in [2.24, 2.45) is 11.8 Å². The lowest BCUT2D eigenvalue weighted by Crippen LogP contribution is -2.38. The molecule has 1 aliphatic heterocycles. The van der Waals surface area contributed by atoms with Gasteiger partial charge in [0.2, 0.25) is 0 Å². The largest absolute Gasteiger partial charge is 0.481 e. The number of benzene rings is 1. The summed E-state index contributed by atoms with van der Waals surface area (Å²) in [5.41, 5.74) is 0.674. The third-order valence-corrected chi connectivity index (χ3v) is 4.04. The maximum atomic E-state index is 13.1. The van der Waals surface area contributed by atoms with Gasteiger partial charge in [0, 0.05) is 19.6 Å². The Hall–Kier alpha value is -2.11. The van der Waals surface area contributed by atoms with Crippen LogP contribution in [0.25, 0.3) is 0 Å². The lowest BCUT2D eigenvalue weighted by atomic mass is 9.92. The van der Waals surface area contributed by atoms with Crippen molar-refractivity contribution in [1.82, 2.24) is 10.2 Å². The minimum Gasteiger partial charge on any atom is -0.481 e. The van der Waals surface area contributed by atoms with Crippen LogP contribution in [0.1, 0.15) is 25.3 Å². The van der Waals surface area contributed by atoms with E-state index in [9.17, 15) is 19.1 Å². The molecule has 1 aromatic carbocycles. The van der Waals surface area contributed by atoms with E-state index in [1.54, 1.807) is 17.0 Å². The Kier molecular flexibility index (Phi) is 5.35. The average Bonchev–Trinajstić information content (AvgIpc) is 2.89.